The van der Waals surface area contributed by atoms with Crippen molar-refractivity contribution < 1.29 is 30.0 Å². The zero-order chi connectivity index (χ0) is 30.3. The number of hydrogen-bond donors (Lipinski definition) is 1. The van der Waals surface area contributed by atoms with Crippen molar-refractivity contribution in [1.29, 1.82) is 0 Å². The second kappa shape index (κ2) is 15.8. The number of carbonyl (C=O) groups is 1. The third-order valence-corrected chi connectivity index (χ3v) is 9.30. The van der Waals surface area contributed by atoms with E-state index in [-0.39, 0.29) is 42.5 Å². The number of fused-ring (bicyclic) bond motifs is 1. The van der Waals surface area contributed by atoms with E-state index in [1.165, 1.54) is 33.5 Å². The first-order valence-electron chi connectivity index (χ1n) is 15.1. The maximum absolute atomic E-state index is 12.2. The van der Waals surface area contributed by atoms with Gasteiger partial charge in [0.1, 0.15) is 5.76 Å². The van der Waals surface area contributed by atoms with Crippen LogP contribution in [0.25, 0.3) is 22.0 Å². The predicted octanol–water partition coefficient (Wildman–Crippen LogP) is 10.8. The Morgan fingerprint density at radius 3 is 2.02 bits per heavy atom. The number of aromatic nitrogens is 1. The molecule has 0 aliphatic carbocycles. The SMILES string of the molecule is CCC(C)(CC)C(=O)C=C(O)C(C)(CC)CC.CCC(C)c1ccc2c(-c3[c-]c(C)cc(C)c3)ncc(C)c2c1.[Ir]. The molecule has 1 N–H and O–H groups in total. The molecule has 41 heavy (non-hydrogen) atoms. The number of pyridine rings is 1. The maximum Gasteiger partial charge on any atom is 0.164 e. The molecular formula is C37H52IrNO2-. The quantitative estimate of drug-likeness (QED) is 0.128. The van der Waals surface area contributed by atoms with Crippen molar-refractivity contribution in [3.63, 3.8) is 0 Å². The number of ketones is 1. The van der Waals surface area contributed by atoms with Gasteiger partial charge in [-0.05, 0) is 72.5 Å². The van der Waals surface area contributed by atoms with Gasteiger partial charge in [0.15, 0.2) is 5.78 Å². The zero-order valence-electron chi connectivity index (χ0n) is 27.3. The number of allylic oxidation sites excluding steroid dienone is 2. The van der Waals surface area contributed by atoms with Crippen LogP contribution < -0.4 is 0 Å². The molecule has 0 amide bonds. The summed E-state index contributed by atoms with van der Waals surface area (Å²) in [5.41, 5.74) is 6.57. The van der Waals surface area contributed by atoms with Crippen molar-refractivity contribution in [2.24, 2.45) is 10.8 Å². The standard InChI is InChI=1S/C22H24N.C15H28O2.Ir/c1-6-16(4)18-7-8-20-21(12-18)17(5)13-23-22(20)19-10-14(2)9-15(3)11-19;1-7-14(5,8-2)12(16)11-13(17)15(6,9-3)10-4;/h7-10,12-13,16H,6H2,1-5H3;11,16H,7-10H2,1-6H3;/q-1;;. The molecule has 0 spiro atoms. The number of aryl methyl sites for hydroxylation is 3. The molecule has 1 radical (unpaired) electrons. The Morgan fingerprint density at radius 1 is 0.927 bits per heavy atom. The topological polar surface area (TPSA) is 50.2 Å². The minimum atomic E-state index is -0.337. The Bertz CT molecular complexity index is 1310. The molecule has 0 bridgehead atoms. The van der Waals surface area contributed by atoms with Gasteiger partial charge in [-0.2, -0.15) is 0 Å². The van der Waals surface area contributed by atoms with E-state index in [2.05, 4.69) is 71.0 Å². The van der Waals surface area contributed by atoms with E-state index in [1.807, 2.05) is 47.7 Å². The molecule has 1 aromatic heterocycles. The first-order chi connectivity index (χ1) is 18.8. The summed E-state index contributed by atoms with van der Waals surface area (Å²) in [7, 11) is 0. The van der Waals surface area contributed by atoms with E-state index in [0.29, 0.717) is 5.92 Å². The molecule has 1 unspecified atom stereocenters. The predicted molar refractivity (Wildman–Crippen MR) is 172 cm³/mol. The van der Waals surface area contributed by atoms with E-state index in [9.17, 15) is 9.90 Å². The fourth-order valence-corrected chi connectivity index (χ4v) is 4.86. The summed E-state index contributed by atoms with van der Waals surface area (Å²) in [6.45, 7) is 23.0. The molecule has 0 aliphatic heterocycles. The number of hydrogen-bond acceptors (Lipinski definition) is 3. The van der Waals surface area contributed by atoms with Gasteiger partial charge in [0.25, 0.3) is 0 Å². The molecule has 227 valence electrons. The van der Waals surface area contributed by atoms with Gasteiger partial charge in [-0.15, -0.1) is 34.9 Å². The second-order valence-corrected chi connectivity index (χ2v) is 12.1. The Labute approximate surface area is 263 Å². The maximum atomic E-state index is 12.2. The van der Waals surface area contributed by atoms with Crippen LogP contribution in [-0.4, -0.2) is 15.9 Å². The summed E-state index contributed by atoms with van der Waals surface area (Å²) in [5, 5.41) is 12.7. The molecule has 3 nitrogen and oxygen atoms in total. The van der Waals surface area contributed by atoms with Gasteiger partial charge >= 0.3 is 0 Å². The first kappa shape index (κ1) is 36.7. The molecule has 3 aromatic rings. The molecule has 0 fully saturated rings. The van der Waals surface area contributed by atoms with Crippen molar-refractivity contribution in [2.45, 2.75) is 114 Å². The van der Waals surface area contributed by atoms with Gasteiger partial charge in [0.05, 0.1) is 0 Å². The average molecular weight is 735 g/mol. The van der Waals surface area contributed by atoms with E-state index in [0.717, 1.165) is 48.9 Å². The number of aliphatic hydroxyl groups is 1. The van der Waals surface area contributed by atoms with Gasteiger partial charge in [-0.1, -0.05) is 87.4 Å². The van der Waals surface area contributed by atoms with E-state index < -0.39 is 0 Å². The second-order valence-electron chi connectivity index (χ2n) is 12.1. The van der Waals surface area contributed by atoms with Crippen LogP contribution >= 0.6 is 0 Å². The van der Waals surface area contributed by atoms with Crippen molar-refractivity contribution in [2.75, 3.05) is 0 Å². The monoisotopic (exact) mass is 735 g/mol. The van der Waals surface area contributed by atoms with Gasteiger partial charge in [-0.25, -0.2) is 0 Å². The number of aliphatic hydroxyl groups excluding tert-OH is 1. The molecule has 2 aromatic carbocycles. The molecule has 0 saturated heterocycles. The van der Waals surface area contributed by atoms with Crippen LogP contribution in [0, 0.1) is 37.7 Å². The van der Waals surface area contributed by atoms with Crippen LogP contribution in [0.3, 0.4) is 0 Å². The Morgan fingerprint density at radius 2 is 1.51 bits per heavy atom. The number of benzene rings is 2. The molecule has 0 saturated carbocycles. The molecular weight excluding hydrogens is 683 g/mol. The smallest absolute Gasteiger partial charge is 0.164 e. The number of carbonyl (C=O) groups excluding carboxylic acids is 1. The minimum absolute atomic E-state index is 0. The largest absolute Gasteiger partial charge is 0.512 e. The van der Waals surface area contributed by atoms with Crippen molar-refractivity contribution in [1.82, 2.24) is 4.98 Å². The van der Waals surface area contributed by atoms with Crippen LogP contribution in [0.15, 0.2) is 48.4 Å². The van der Waals surface area contributed by atoms with Gasteiger partial charge in [0.2, 0.25) is 0 Å². The van der Waals surface area contributed by atoms with Crippen LogP contribution in [0.1, 0.15) is 116 Å². The summed E-state index contributed by atoms with van der Waals surface area (Å²) in [6, 6.07) is 14.6. The minimum Gasteiger partial charge on any atom is -0.512 e. The fraction of sp³-hybridized carbons (Fsp3) is 0.514. The summed E-state index contributed by atoms with van der Waals surface area (Å²) in [6.07, 6.45) is 7.90. The molecule has 0 aliphatic rings. The molecule has 3 rings (SSSR count). The van der Waals surface area contributed by atoms with E-state index >= 15 is 0 Å². The summed E-state index contributed by atoms with van der Waals surface area (Å²) >= 11 is 0. The zero-order valence-corrected chi connectivity index (χ0v) is 29.7. The van der Waals surface area contributed by atoms with Crippen molar-refractivity contribution in [3.8, 4) is 11.3 Å². The Hall–Kier alpha value is -2.29. The van der Waals surface area contributed by atoms with Gasteiger partial charge < -0.3 is 10.1 Å². The van der Waals surface area contributed by atoms with E-state index in [4.69, 9.17) is 4.98 Å². The van der Waals surface area contributed by atoms with Crippen LogP contribution in [0.5, 0.6) is 0 Å². The van der Waals surface area contributed by atoms with Crippen LogP contribution in [0.4, 0.5) is 0 Å². The molecule has 1 heterocycles. The van der Waals surface area contributed by atoms with E-state index in [1.54, 1.807) is 0 Å². The number of nitrogens with zero attached hydrogens (tertiary/aromatic N) is 1. The molecule has 4 heteroatoms. The Balaban J connectivity index is 0.000000421. The molecule has 1 atom stereocenters. The Kier molecular flexibility index (Phi) is 14.2. The normalized spacial score (nSPS) is 12.8. The van der Waals surface area contributed by atoms with Gasteiger partial charge in [0, 0.05) is 43.2 Å². The first-order valence-corrected chi connectivity index (χ1v) is 15.1. The van der Waals surface area contributed by atoms with Gasteiger partial charge in [-0.3, -0.25) is 4.79 Å². The third-order valence-electron chi connectivity index (χ3n) is 9.30. The van der Waals surface area contributed by atoms with Crippen molar-refractivity contribution >= 4 is 16.6 Å². The summed E-state index contributed by atoms with van der Waals surface area (Å²) in [5.74, 6) is 0.872. The number of rotatable bonds is 10. The fourth-order valence-electron chi connectivity index (χ4n) is 4.86. The average Bonchev–Trinajstić information content (AvgIpc) is 2.95. The van der Waals surface area contributed by atoms with Crippen LogP contribution in [-0.2, 0) is 24.9 Å². The van der Waals surface area contributed by atoms with Crippen molar-refractivity contribution in [3.05, 3.63) is 76.7 Å². The van der Waals surface area contributed by atoms with Crippen LogP contribution in [0.2, 0.25) is 0 Å². The third kappa shape index (κ3) is 8.85. The summed E-state index contributed by atoms with van der Waals surface area (Å²) in [4.78, 5) is 16.9. The summed E-state index contributed by atoms with van der Waals surface area (Å²) < 4.78 is 0.